The lowest BCUT2D eigenvalue weighted by molar-refractivity contribution is 0.589. The van der Waals surface area contributed by atoms with Crippen molar-refractivity contribution in [2.45, 2.75) is 25.3 Å². The predicted molar refractivity (Wildman–Crippen MR) is 77.8 cm³/mol. The van der Waals surface area contributed by atoms with Crippen molar-refractivity contribution in [3.8, 4) is 0 Å². The highest BCUT2D eigenvalue weighted by Crippen LogP contribution is 2.27. The van der Waals surface area contributed by atoms with Crippen molar-refractivity contribution in [3.05, 3.63) is 41.5 Å². The van der Waals surface area contributed by atoms with Crippen LogP contribution in [0.5, 0.6) is 0 Å². The third-order valence-electron chi connectivity index (χ3n) is 3.10. The number of benzene rings is 1. The van der Waals surface area contributed by atoms with Crippen LogP contribution in [0.4, 0.5) is 10.1 Å². The number of rotatable bonds is 5. The SMILES string of the molecule is CCN(c1ccc(F)cc1)S(=O)(=O)c1c(CN)n[nH]c1C. The highest BCUT2D eigenvalue weighted by atomic mass is 32.2. The van der Waals surface area contributed by atoms with E-state index in [1.54, 1.807) is 13.8 Å². The van der Waals surface area contributed by atoms with Gasteiger partial charge < -0.3 is 5.73 Å². The minimum absolute atomic E-state index is 0.0138. The Kier molecular flexibility index (Phi) is 4.29. The van der Waals surface area contributed by atoms with E-state index in [9.17, 15) is 12.8 Å². The summed E-state index contributed by atoms with van der Waals surface area (Å²) in [5, 5.41) is 6.55. The molecular formula is C13H17FN4O2S. The molecule has 6 nitrogen and oxygen atoms in total. The summed E-state index contributed by atoms with van der Waals surface area (Å²) in [5.41, 5.74) is 6.65. The van der Waals surface area contributed by atoms with Gasteiger partial charge in [-0.3, -0.25) is 9.40 Å². The fraction of sp³-hybridized carbons (Fsp3) is 0.308. The van der Waals surface area contributed by atoms with Gasteiger partial charge in [0, 0.05) is 13.1 Å². The van der Waals surface area contributed by atoms with E-state index in [0.717, 1.165) is 0 Å². The molecule has 21 heavy (non-hydrogen) atoms. The molecule has 1 heterocycles. The van der Waals surface area contributed by atoms with Crippen molar-refractivity contribution in [2.75, 3.05) is 10.8 Å². The summed E-state index contributed by atoms with van der Waals surface area (Å²) in [4.78, 5) is 0.0798. The molecule has 2 aromatic rings. The number of halogens is 1. The van der Waals surface area contributed by atoms with Crippen LogP contribution in [0.25, 0.3) is 0 Å². The topological polar surface area (TPSA) is 92.1 Å². The number of aryl methyl sites for hydroxylation is 1. The van der Waals surface area contributed by atoms with Gasteiger partial charge in [-0.15, -0.1) is 0 Å². The maximum atomic E-state index is 13.0. The van der Waals surface area contributed by atoms with Crippen molar-refractivity contribution >= 4 is 15.7 Å². The summed E-state index contributed by atoms with van der Waals surface area (Å²) < 4.78 is 39.9. The summed E-state index contributed by atoms with van der Waals surface area (Å²) >= 11 is 0. The number of H-pyrrole nitrogens is 1. The van der Waals surface area contributed by atoms with Crippen molar-refractivity contribution in [1.82, 2.24) is 10.2 Å². The number of aromatic nitrogens is 2. The van der Waals surface area contributed by atoms with Gasteiger partial charge in [0.25, 0.3) is 10.0 Å². The van der Waals surface area contributed by atoms with Crippen LogP contribution in [0.2, 0.25) is 0 Å². The highest BCUT2D eigenvalue weighted by Gasteiger charge is 2.29. The Balaban J connectivity index is 2.54. The summed E-state index contributed by atoms with van der Waals surface area (Å²) in [5.74, 6) is -0.422. The molecule has 0 aliphatic rings. The molecular weight excluding hydrogens is 295 g/mol. The molecule has 0 aliphatic carbocycles. The van der Waals surface area contributed by atoms with Gasteiger partial charge in [-0.25, -0.2) is 12.8 Å². The standard InChI is InChI=1S/C13H17FN4O2S/c1-3-18(11-6-4-10(14)5-7-11)21(19,20)13-9(2)16-17-12(13)8-15/h4-7H,3,8,15H2,1-2H3,(H,16,17). The van der Waals surface area contributed by atoms with E-state index in [1.807, 2.05) is 0 Å². The number of hydrogen-bond acceptors (Lipinski definition) is 4. The Morgan fingerprint density at radius 1 is 1.33 bits per heavy atom. The number of nitrogens with two attached hydrogens (primary N) is 1. The first kappa shape index (κ1) is 15.5. The molecule has 1 aromatic heterocycles. The molecule has 0 unspecified atom stereocenters. The molecule has 3 N–H and O–H groups in total. The second-order valence-corrected chi connectivity index (χ2v) is 6.27. The molecule has 0 aliphatic heterocycles. The third-order valence-corrected chi connectivity index (χ3v) is 5.21. The molecule has 2 rings (SSSR count). The maximum Gasteiger partial charge on any atom is 0.268 e. The van der Waals surface area contributed by atoms with E-state index in [-0.39, 0.29) is 23.7 Å². The maximum absolute atomic E-state index is 13.0. The van der Waals surface area contributed by atoms with Crippen LogP contribution in [0.15, 0.2) is 29.2 Å². The van der Waals surface area contributed by atoms with E-state index in [1.165, 1.54) is 28.6 Å². The van der Waals surface area contributed by atoms with Crippen molar-refractivity contribution in [1.29, 1.82) is 0 Å². The molecule has 0 atom stereocenters. The van der Waals surface area contributed by atoms with Crippen LogP contribution in [0.3, 0.4) is 0 Å². The molecule has 0 amide bonds. The van der Waals surface area contributed by atoms with Gasteiger partial charge in [0.2, 0.25) is 0 Å². The van der Waals surface area contributed by atoms with Crippen LogP contribution in [-0.2, 0) is 16.6 Å². The van der Waals surface area contributed by atoms with E-state index in [0.29, 0.717) is 11.4 Å². The fourth-order valence-corrected chi connectivity index (χ4v) is 3.98. The first-order valence-electron chi connectivity index (χ1n) is 6.44. The number of nitrogens with zero attached hydrogens (tertiary/aromatic N) is 2. The smallest absolute Gasteiger partial charge is 0.268 e. The summed E-state index contributed by atoms with van der Waals surface area (Å²) in [6.45, 7) is 3.55. The minimum atomic E-state index is -3.81. The summed E-state index contributed by atoms with van der Waals surface area (Å²) in [6.07, 6.45) is 0. The van der Waals surface area contributed by atoms with Crippen LogP contribution in [0.1, 0.15) is 18.3 Å². The van der Waals surface area contributed by atoms with Gasteiger partial charge in [-0.1, -0.05) is 0 Å². The largest absolute Gasteiger partial charge is 0.325 e. The van der Waals surface area contributed by atoms with Crippen molar-refractivity contribution in [2.24, 2.45) is 5.73 Å². The number of aromatic amines is 1. The third kappa shape index (κ3) is 2.77. The lowest BCUT2D eigenvalue weighted by atomic mass is 10.3. The van der Waals surface area contributed by atoms with Gasteiger partial charge in [0.05, 0.1) is 17.1 Å². The Morgan fingerprint density at radius 2 is 1.95 bits per heavy atom. The van der Waals surface area contributed by atoms with E-state index in [2.05, 4.69) is 10.2 Å². The molecule has 0 saturated carbocycles. The molecule has 0 saturated heterocycles. The number of anilines is 1. The quantitative estimate of drug-likeness (QED) is 0.876. The first-order chi connectivity index (χ1) is 9.91. The molecule has 8 heteroatoms. The average molecular weight is 312 g/mol. The normalized spacial score (nSPS) is 11.6. The molecule has 114 valence electrons. The fourth-order valence-electron chi connectivity index (χ4n) is 2.16. The van der Waals surface area contributed by atoms with E-state index in [4.69, 9.17) is 5.73 Å². The summed E-state index contributed by atoms with van der Waals surface area (Å²) in [7, 11) is -3.81. The van der Waals surface area contributed by atoms with E-state index >= 15 is 0 Å². The van der Waals surface area contributed by atoms with Gasteiger partial charge in [0.15, 0.2) is 0 Å². The Morgan fingerprint density at radius 3 is 2.48 bits per heavy atom. The number of nitrogens with one attached hydrogen (secondary N) is 1. The first-order valence-corrected chi connectivity index (χ1v) is 7.88. The summed E-state index contributed by atoms with van der Waals surface area (Å²) in [6, 6.07) is 5.29. The average Bonchev–Trinajstić information content (AvgIpc) is 2.83. The highest BCUT2D eigenvalue weighted by molar-refractivity contribution is 7.93. The lowest BCUT2D eigenvalue weighted by Gasteiger charge is -2.23. The monoisotopic (exact) mass is 312 g/mol. The Bertz CT molecular complexity index is 725. The predicted octanol–water partition coefficient (Wildman–Crippen LogP) is 1.53. The van der Waals surface area contributed by atoms with Gasteiger partial charge in [-0.05, 0) is 38.1 Å². The minimum Gasteiger partial charge on any atom is -0.325 e. The zero-order chi connectivity index (χ0) is 15.6. The van der Waals surface area contributed by atoms with Gasteiger partial charge in [-0.2, -0.15) is 5.10 Å². The van der Waals surface area contributed by atoms with E-state index < -0.39 is 15.8 Å². The Labute approximate surface area is 122 Å². The van der Waals surface area contributed by atoms with Crippen molar-refractivity contribution in [3.63, 3.8) is 0 Å². The Hall–Kier alpha value is -1.93. The molecule has 1 aromatic carbocycles. The number of hydrogen-bond donors (Lipinski definition) is 2. The van der Waals surface area contributed by atoms with Crippen LogP contribution in [0, 0.1) is 12.7 Å². The lowest BCUT2D eigenvalue weighted by Crippen LogP contribution is -2.31. The second kappa shape index (κ2) is 5.82. The van der Waals surface area contributed by atoms with Crippen LogP contribution >= 0.6 is 0 Å². The zero-order valence-electron chi connectivity index (χ0n) is 11.8. The second-order valence-electron chi connectivity index (χ2n) is 4.47. The van der Waals surface area contributed by atoms with Crippen LogP contribution < -0.4 is 10.0 Å². The number of sulfonamides is 1. The van der Waals surface area contributed by atoms with Gasteiger partial charge in [0.1, 0.15) is 10.7 Å². The van der Waals surface area contributed by atoms with Gasteiger partial charge >= 0.3 is 0 Å². The van der Waals surface area contributed by atoms with Crippen molar-refractivity contribution < 1.29 is 12.8 Å². The van der Waals surface area contributed by atoms with Crippen LogP contribution in [-0.4, -0.2) is 25.2 Å². The molecule has 0 spiro atoms. The molecule has 0 radical (unpaired) electrons. The molecule has 0 bridgehead atoms. The molecule has 0 fully saturated rings. The zero-order valence-corrected chi connectivity index (χ0v) is 12.6.